The number of nitrogens with one attached hydrogen (secondary N) is 2. The van der Waals surface area contributed by atoms with Crippen molar-refractivity contribution in [3.05, 3.63) is 29.8 Å². The van der Waals surface area contributed by atoms with Crippen LogP contribution >= 0.6 is 0 Å². The lowest BCUT2D eigenvalue weighted by Crippen LogP contribution is -2.48. The Balaban J connectivity index is 2.09. The molecule has 104 valence electrons. The van der Waals surface area contributed by atoms with E-state index in [1.54, 1.807) is 24.3 Å². The van der Waals surface area contributed by atoms with Crippen molar-refractivity contribution >= 4 is 21.7 Å². The van der Waals surface area contributed by atoms with Gasteiger partial charge in [0.05, 0.1) is 0 Å². The van der Waals surface area contributed by atoms with Crippen molar-refractivity contribution in [3.8, 4) is 0 Å². The average molecular weight is 283 g/mol. The summed E-state index contributed by atoms with van der Waals surface area (Å²) in [5, 5.41) is 3.10. The first kappa shape index (κ1) is 14.0. The quantitative estimate of drug-likeness (QED) is 0.787. The van der Waals surface area contributed by atoms with Crippen LogP contribution in [-0.2, 0) is 10.2 Å². The summed E-state index contributed by atoms with van der Waals surface area (Å²) in [4.78, 5) is 11.1. The summed E-state index contributed by atoms with van der Waals surface area (Å²) >= 11 is 0. The Hall–Kier alpha value is -1.44. The number of hydrogen-bond donors (Lipinski definition) is 2. The molecule has 19 heavy (non-hydrogen) atoms. The van der Waals surface area contributed by atoms with Gasteiger partial charge in [0.2, 0.25) is 0 Å². The minimum Gasteiger partial charge on any atom is -0.314 e. The van der Waals surface area contributed by atoms with Crippen molar-refractivity contribution < 1.29 is 13.2 Å². The van der Waals surface area contributed by atoms with Crippen molar-refractivity contribution in [2.75, 3.05) is 30.9 Å². The average Bonchev–Trinajstić information content (AvgIpc) is 2.40. The number of ketones is 1. The monoisotopic (exact) mass is 283 g/mol. The van der Waals surface area contributed by atoms with Crippen LogP contribution in [0.1, 0.15) is 17.3 Å². The molecule has 7 heteroatoms. The minimum absolute atomic E-state index is 0.0449. The molecule has 2 N–H and O–H groups in total. The molecule has 0 aromatic heterocycles. The highest BCUT2D eigenvalue weighted by atomic mass is 32.2. The van der Waals surface area contributed by atoms with Crippen LogP contribution in [0.25, 0.3) is 0 Å². The SMILES string of the molecule is CC(=O)c1ccc(NS(=O)(=O)N2CCNCC2)cc1. The first-order valence-corrected chi connectivity index (χ1v) is 7.53. The molecular weight excluding hydrogens is 266 g/mol. The maximum atomic E-state index is 12.1. The number of piperazine rings is 1. The van der Waals surface area contributed by atoms with Gasteiger partial charge >= 0.3 is 10.2 Å². The zero-order valence-corrected chi connectivity index (χ0v) is 11.5. The molecule has 0 spiro atoms. The van der Waals surface area contributed by atoms with E-state index in [1.165, 1.54) is 11.2 Å². The summed E-state index contributed by atoms with van der Waals surface area (Å²) in [5.41, 5.74) is 1.02. The largest absolute Gasteiger partial charge is 0.314 e. The fourth-order valence-electron chi connectivity index (χ4n) is 1.87. The normalized spacial score (nSPS) is 17.1. The number of rotatable bonds is 4. The Morgan fingerprint density at radius 3 is 2.32 bits per heavy atom. The van der Waals surface area contributed by atoms with Gasteiger partial charge in [-0.25, -0.2) is 0 Å². The van der Waals surface area contributed by atoms with E-state index in [2.05, 4.69) is 10.0 Å². The lowest BCUT2D eigenvalue weighted by Gasteiger charge is -2.26. The Bertz CT molecular complexity index is 548. The topological polar surface area (TPSA) is 78.5 Å². The van der Waals surface area contributed by atoms with Crippen LogP contribution in [0.2, 0.25) is 0 Å². The van der Waals surface area contributed by atoms with Gasteiger partial charge in [0.15, 0.2) is 5.78 Å². The molecule has 0 bridgehead atoms. The van der Waals surface area contributed by atoms with Crippen LogP contribution in [0, 0.1) is 0 Å². The second-order valence-corrected chi connectivity index (χ2v) is 6.06. The van der Waals surface area contributed by atoms with E-state index in [0.29, 0.717) is 37.4 Å². The molecule has 1 saturated heterocycles. The predicted octanol–water partition coefficient (Wildman–Crippen LogP) is 0.451. The molecule has 0 unspecified atom stereocenters. The number of benzene rings is 1. The molecule has 0 aliphatic carbocycles. The van der Waals surface area contributed by atoms with Gasteiger partial charge in [-0.3, -0.25) is 9.52 Å². The summed E-state index contributed by atoms with van der Waals surface area (Å²) in [6.45, 7) is 3.70. The fourth-order valence-corrected chi connectivity index (χ4v) is 3.10. The van der Waals surface area contributed by atoms with Crippen LogP contribution in [0.3, 0.4) is 0 Å². The van der Waals surface area contributed by atoms with E-state index >= 15 is 0 Å². The Labute approximate surface area is 113 Å². The molecule has 1 aliphatic heterocycles. The molecule has 1 heterocycles. The lowest BCUT2D eigenvalue weighted by molar-refractivity contribution is 0.101. The van der Waals surface area contributed by atoms with Gasteiger partial charge < -0.3 is 5.32 Å². The zero-order chi connectivity index (χ0) is 13.9. The molecule has 0 saturated carbocycles. The third-order valence-electron chi connectivity index (χ3n) is 2.95. The highest BCUT2D eigenvalue weighted by Crippen LogP contribution is 2.14. The molecular formula is C12H17N3O3S. The van der Waals surface area contributed by atoms with Crippen LogP contribution in [-0.4, -0.2) is 44.7 Å². The van der Waals surface area contributed by atoms with Crippen molar-refractivity contribution in [1.82, 2.24) is 9.62 Å². The maximum absolute atomic E-state index is 12.1. The third-order valence-corrected chi connectivity index (χ3v) is 4.49. The number of Topliss-reactive ketones (excluding diaryl/α,β-unsaturated/α-hetero) is 1. The molecule has 0 atom stereocenters. The maximum Gasteiger partial charge on any atom is 0.301 e. The van der Waals surface area contributed by atoms with Gasteiger partial charge in [0.25, 0.3) is 0 Å². The van der Waals surface area contributed by atoms with Gasteiger partial charge in [0.1, 0.15) is 0 Å². The van der Waals surface area contributed by atoms with Crippen molar-refractivity contribution in [1.29, 1.82) is 0 Å². The van der Waals surface area contributed by atoms with E-state index in [0.717, 1.165) is 0 Å². The molecule has 2 rings (SSSR count). The summed E-state index contributed by atoms with van der Waals surface area (Å²) in [6, 6.07) is 6.41. The zero-order valence-electron chi connectivity index (χ0n) is 10.7. The molecule has 0 amide bonds. The van der Waals surface area contributed by atoms with Gasteiger partial charge in [-0.05, 0) is 31.2 Å². The molecule has 0 radical (unpaired) electrons. The van der Waals surface area contributed by atoms with Crippen molar-refractivity contribution in [2.24, 2.45) is 0 Å². The number of hydrogen-bond acceptors (Lipinski definition) is 4. The molecule has 1 aromatic rings. The van der Waals surface area contributed by atoms with Crippen LogP contribution in [0.4, 0.5) is 5.69 Å². The molecule has 1 aromatic carbocycles. The smallest absolute Gasteiger partial charge is 0.301 e. The number of carbonyl (C=O) groups is 1. The number of carbonyl (C=O) groups excluding carboxylic acids is 1. The summed E-state index contributed by atoms with van der Waals surface area (Å²) in [5.74, 6) is -0.0449. The fraction of sp³-hybridized carbons (Fsp3) is 0.417. The molecule has 1 aliphatic rings. The lowest BCUT2D eigenvalue weighted by atomic mass is 10.1. The Morgan fingerprint density at radius 1 is 1.21 bits per heavy atom. The van der Waals surface area contributed by atoms with Gasteiger partial charge in [-0.2, -0.15) is 12.7 Å². The van der Waals surface area contributed by atoms with Crippen molar-refractivity contribution in [3.63, 3.8) is 0 Å². The third kappa shape index (κ3) is 3.52. The van der Waals surface area contributed by atoms with E-state index in [9.17, 15) is 13.2 Å². The molecule has 1 fully saturated rings. The first-order valence-electron chi connectivity index (χ1n) is 6.09. The second kappa shape index (κ2) is 5.68. The summed E-state index contributed by atoms with van der Waals surface area (Å²) < 4.78 is 28.1. The van der Waals surface area contributed by atoms with Gasteiger partial charge in [-0.1, -0.05) is 0 Å². The van der Waals surface area contributed by atoms with Crippen molar-refractivity contribution in [2.45, 2.75) is 6.92 Å². The van der Waals surface area contributed by atoms with Crippen LogP contribution < -0.4 is 10.0 Å². The number of nitrogens with zero attached hydrogens (tertiary/aromatic N) is 1. The first-order chi connectivity index (χ1) is 8.99. The minimum atomic E-state index is -3.51. The van der Waals surface area contributed by atoms with Crippen LogP contribution in [0.5, 0.6) is 0 Å². The van der Waals surface area contributed by atoms with Crippen LogP contribution in [0.15, 0.2) is 24.3 Å². The van der Waals surface area contributed by atoms with E-state index in [4.69, 9.17) is 0 Å². The van der Waals surface area contributed by atoms with Gasteiger partial charge in [0, 0.05) is 37.4 Å². The summed E-state index contributed by atoms with van der Waals surface area (Å²) in [6.07, 6.45) is 0. The Morgan fingerprint density at radius 2 is 1.79 bits per heavy atom. The Kier molecular flexibility index (Phi) is 4.18. The van der Waals surface area contributed by atoms with E-state index < -0.39 is 10.2 Å². The van der Waals surface area contributed by atoms with E-state index in [1.807, 2.05) is 0 Å². The summed E-state index contributed by atoms with van der Waals surface area (Å²) in [7, 11) is -3.51. The van der Waals surface area contributed by atoms with Gasteiger partial charge in [-0.15, -0.1) is 0 Å². The second-order valence-electron chi connectivity index (χ2n) is 4.39. The standard InChI is InChI=1S/C12H17N3O3S/c1-10(16)11-2-4-12(5-3-11)14-19(17,18)15-8-6-13-7-9-15/h2-5,13-14H,6-9H2,1H3. The number of anilines is 1. The van der Waals surface area contributed by atoms with E-state index in [-0.39, 0.29) is 5.78 Å². The predicted molar refractivity (Wildman–Crippen MR) is 73.4 cm³/mol. The molecule has 6 nitrogen and oxygen atoms in total. The highest BCUT2D eigenvalue weighted by Gasteiger charge is 2.23. The highest BCUT2D eigenvalue weighted by molar-refractivity contribution is 7.90.